The van der Waals surface area contributed by atoms with Crippen molar-refractivity contribution in [2.45, 2.75) is 38.6 Å². The highest BCUT2D eigenvalue weighted by atomic mass is 16.4. The molecule has 0 heterocycles. The van der Waals surface area contributed by atoms with Gasteiger partial charge in [0.1, 0.15) is 0 Å². The van der Waals surface area contributed by atoms with Gasteiger partial charge in [-0.05, 0) is 24.9 Å². The number of unbranched alkanes of at least 4 members (excludes halogenated alkanes) is 3. The third-order valence-electron chi connectivity index (χ3n) is 2.67. The van der Waals surface area contributed by atoms with E-state index < -0.39 is 5.97 Å². The lowest BCUT2D eigenvalue weighted by Gasteiger charge is -2.04. The average Bonchev–Trinajstić information content (AvgIpc) is 2.33. The molecule has 94 valence electrons. The van der Waals surface area contributed by atoms with Crippen molar-refractivity contribution < 1.29 is 9.90 Å². The Labute approximate surface area is 103 Å². The average molecular weight is 235 g/mol. The number of carbonyl (C=O) groups is 1. The highest BCUT2D eigenvalue weighted by Gasteiger charge is 1.96. The maximum Gasteiger partial charge on any atom is 0.303 e. The number of benzene rings is 1. The van der Waals surface area contributed by atoms with Crippen molar-refractivity contribution in [1.82, 2.24) is 5.32 Å². The van der Waals surface area contributed by atoms with E-state index in [1.165, 1.54) is 5.56 Å². The van der Waals surface area contributed by atoms with E-state index in [1.807, 2.05) is 18.2 Å². The summed E-state index contributed by atoms with van der Waals surface area (Å²) in [6.07, 6.45) is 4.34. The summed E-state index contributed by atoms with van der Waals surface area (Å²) < 4.78 is 0. The van der Waals surface area contributed by atoms with Crippen LogP contribution in [-0.2, 0) is 11.3 Å². The van der Waals surface area contributed by atoms with Crippen LogP contribution in [0.15, 0.2) is 30.3 Å². The summed E-state index contributed by atoms with van der Waals surface area (Å²) in [5.74, 6) is -0.688. The number of hydrogen-bond acceptors (Lipinski definition) is 2. The van der Waals surface area contributed by atoms with Crippen LogP contribution in [0.1, 0.15) is 37.7 Å². The molecule has 0 saturated heterocycles. The molecule has 1 rings (SSSR count). The zero-order chi connectivity index (χ0) is 12.3. The minimum Gasteiger partial charge on any atom is -0.481 e. The molecule has 0 fully saturated rings. The minimum absolute atomic E-state index is 0.303. The molecule has 0 radical (unpaired) electrons. The summed E-state index contributed by atoms with van der Waals surface area (Å²) in [6, 6.07) is 10.3. The summed E-state index contributed by atoms with van der Waals surface area (Å²) >= 11 is 0. The van der Waals surface area contributed by atoms with Crippen molar-refractivity contribution in [2.24, 2.45) is 0 Å². The molecule has 0 aliphatic carbocycles. The quantitative estimate of drug-likeness (QED) is 0.647. The van der Waals surface area contributed by atoms with Crippen LogP contribution in [0.5, 0.6) is 0 Å². The first-order chi connectivity index (χ1) is 8.29. The van der Waals surface area contributed by atoms with E-state index in [9.17, 15) is 4.79 Å². The maximum absolute atomic E-state index is 10.3. The summed E-state index contributed by atoms with van der Waals surface area (Å²) in [4.78, 5) is 10.3. The molecule has 0 aliphatic heterocycles. The molecule has 0 spiro atoms. The summed E-state index contributed by atoms with van der Waals surface area (Å²) in [7, 11) is 0. The van der Waals surface area contributed by atoms with Crippen LogP contribution in [0.4, 0.5) is 0 Å². The van der Waals surface area contributed by atoms with Gasteiger partial charge in [-0.2, -0.15) is 0 Å². The Bertz CT molecular complexity index is 311. The van der Waals surface area contributed by atoms with Crippen molar-refractivity contribution >= 4 is 5.97 Å². The third-order valence-corrected chi connectivity index (χ3v) is 2.67. The second kappa shape index (κ2) is 8.76. The normalized spacial score (nSPS) is 10.4. The number of carboxylic acid groups (broad SMARTS) is 1. The van der Waals surface area contributed by atoms with E-state index in [0.717, 1.165) is 38.8 Å². The molecule has 3 heteroatoms. The van der Waals surface area contributed by atoms with E-state index in [-0.39, 0.29) is 0 Å². The van der Waals surface area contributed by atoms with Crippen LogP contribution in [0.3, 0.4) is 0 Å². The highest BCUT2D eigenvalue weighted by molar-refractivity contribution is 5.66. The predicted octanol–water partition coefficient (Wildman–Crippen LogP) is 2.81. The molecule has 1 aromatic rings. The zero-order valence-electron chi connectivity index (χ0n) is 10.2. The number of nitrogens with one attached hydrogen (secondary N) is 1. The van der Waals surface area contributed by atoms with Crippen molar-refractivity contribution in [1.29, 1.82) is 0 Å². The Hall–Kier alpha value is -1.35. The van der Waals surface area contributed by atoms with Crippen molar-refractivity contribution in [3.63, 3.8) is 0 Å². The topological polar surface area (TPSA) is 49.3 Å². The lowest BCUT2D eigenvalue weighted by atomic mass is 10.1. The fourth-order valence-electron chi connectivity index (χ4n) is 1.71. The van der Waals surface area contributed by atoms with Gasteiger partial charge in [0.05, 0.1) is 0 Å². The summed E-state index contributed by atoms with van der Waals surface area (Å²) in [5, 5.41) is 11.9. The molecule has 0 bridgehead atoms. The Morgan fingerprint density at radius 1 is 1.06 bits per heavy atom. The minimum atomic E-state index is -0.688. The summed E-state index contributed by atoms with van der Waals surface area (Å²) in [6.45, 7) is 1.91. The largest absolute Gasteiger partial charge is 0.481 e. The number of hydrogen-bond donors (Lipinski definition) is 2. The van der Waals surface area contributed by atoms with Gasteiger partial charge in [-0.1, -0.05) is 43.2 Å². The Morgan fingerprint density at radius 2 is 1.76 bits per heavy atom. The first-order valence-corrected chi connectivity index (χ1v) is 6.25. The standard InChI is InChI=1S/C14H21NO2/c16-14(17)10-6-1-2-7-11-15-12-13-8-4-3-5-9-13/h3-5,8-9,15H,1-2,6-7,10-12H2,(H,16,17). The van der Waals surface area contributed by atoms with Gasteiger partial charge in [0, 0.05) is 13.0 Å². The van der Waals surface area contributed by atoms with E-state index >= 15 is 0 Å². The molecule has 2 N–H and O–H groups in total. The molecule has 0 atom stereocenters. The molecule has 17 heavy (non-hydrogen) atoms. The smallest absolute Gasteiger partial charge is 0.303 e. The Kier molecular flexibility index (Phi) is 7.07. The predicted molar refractivity (Wildman–Crippen MR) is 68.9 cm³/mol. The van der Waals surface area contributed by atoms with Crippen molar-refractivity contribution in [3.05, 3.63) is 35.9 Å². The van der Waals surface area contributed by atoms with Gasteiger partial charge in [-0.25, -0.2) is 0 Å². The van der Waals surface area contributed by atoms with Gasteiger partial charge >= 0.3 is 5.97 Å². The van der Waals surface area contributed by atoms with Crippen LogP contribution >= 0.6 is 0 Å². The van der Waals surface area contributed by atoms with Crippen LogP contribution in [0.2, 0.25) is 0 Å². The highest BCUT2D eigenvalue weighted by Crippen LogP contribution is 2.02. The zero-order valence-corrected chi connectivity index (χ0v) is 10.2. The molecular weight excluding hydrogens is 214 g/mol. The number of rotatable bonds is 9. The van der Waals surface area contributed by atoms with Crippen LogP contribution in [-0.4, -0.2) is 17.6 Å². The van der Waals surface area contributed by atoms with Gasteiger partial charge < -0.3 is 10.4 Å². The van der Waals surface area contributed by atoms with Gasteiger partial charge in [-0.15, -0.1) is 0 Å². The van der Waals surface area contributed by atoms with E-state index in [2.05, 4.69) is 17.4 Å². The molecule has 0 amide bonds. The second-order valence-corrected chi connectivity index (χ2v) is 4.22. The van der Waals surface area contributed by atoms with E-state index in [4.69, 9.17) is 5.11 Å². The first kappa shape index (κ1) is 13.7. The molecule has 0 unspecified atom stereocenters. The molecular formula is C14H21NO2. The molecule has 1 aromatic carbocycles. The SMILES string of the molecule is O=C(O)CCCCCCNCc1ccccc1. The fourth-order valence-corrected chi connectivity index (χ4v) is 1.71. The van der Waals surface area contributed by atoms with Crippen LogP contribution in [0.25, 0.3) is 0 Å². The van der Waals surface area contributed by atoms with E-state index in [0.29, 0.717) is 6.42 Å². The monoisotopic (exact) mass is 235 g/mol. The van der Waals surface area contributed by atoms with E-state index in [1.54, 1.807) is 0 Å². The Balaban J connectivity index is 1.90. The second-order valence-electron chi connectivity index (χ2n) is 4.22. The van der Waals surface area contributed by atoms with Gasteiger partial charge in [-0.3, -0.25) is 4.79 Å². The maximum atomic E-state index is 10.3. The van der Waals surface area contributed by atoms with Crippen LogP contribution < -0.4 is 5.32 Å². The summed E-state index contributed by atoms with van der Waals surface area (Å²) in [5.41, 5.74) is 1.30. The van der Waals surface area contributed by atoms with Gasteiger partial charge in [0.2, 0.25) is 0 Å². The third kappa shape index (κ3) is 7.53. The lowest BCUT2D eigenvalue weighted by Crippen LogP contribution is -2.14. The van der Waals surface area contributed by atoms with Gasteiger partial charge in [0.25, 0.3) is 0 Å². The first-order valence-electron chi connectivity index (χ1n) is 6.25. The molecule has 0 aromatic heterocycles. The van der Waals surface area contributed by atoms with Crippen molar-refractivity contribution in [2.75, 3.05) is 6.54 Å². The molecule has 0 saturated carbocycles. The van der Waals surface area contributed by atoms with Crippen molar-refractivity contribution in [3.8, 4) is 0 Å². The number of aliphatic carboxylic acids is 1. The van der Waals surface area contributed by atoms with Gasteiger partial charge in [0.15, 0.2) is 0 Å². The molecule has 3 nitrogen and oxygen atoms in total. The Morgan fingerprint density at radius 3 is 2.47 bits per heavy atom. The number of carboxylic acids is 1. The lowest BCUT2D eigenvalue weighted by molar-refractivity contribution is -0.137. The molecule has 0 aliphatic rings. The van der Waals surface area contributed by atoms with Crippen LogP contribution in [0, 0.1) is 0 Å². The fraction of sp³-hybridized carbons (Fsp3) is 0.500.